The molecule has 1 aliphatic heterocycles. The SMILES string of the molecule is COc1ccc(OC)c(NC(=O)CN2C(=O)NC(C)(c3ccco3)C2=O)c1. The summed E-state index contributed by atoms with van der Waals surface area (Å²) in [7, 11) is 2.96. The molecule has 1 atom stereocenters. The minimum atomic E-state index is -1.35. The Hall–Kier alpha value is -3.49. The number of hydrogen-bond donors (Lipinski definition) is 2. The smallest absolute Gasteiger partial charge is 0.325 e. The van der Waals surface area contributed by atoms with Gasteiger partial charge >= 0.3 is 6.03 Å². The number of methoxy groups -OCH3 is 2. The second-order valence-electron chi connectivity index (χ2n) is 6.04. The maximum atomic E-state index is 12.7. The number of nitrogens with zero attached hydrogens (tertiary/aromatic N) is 1. The van der Waals surface area contributed by atoms with Crippen LogP contribution in [0.4, 0.5) is 10.5 Å². The molecular weight excluding hydrogens is 354 g/mol. The molecule has 2 N–H and O–H groups in total. The maximum Gasteiger partial charge on any atom is 0.325 e. The molecule has 1 aromatic heterocycles. The lowest BCUT2D eigenvalue weighted by Gasteiger charge is -2.19. The van der Waals surface area contributed by atoms with Crippen molar-refractivity contribution < 1.29 is 28.3 Å². The number of urea groups is 1. The van der Waals surface area contributed by atoms with E-state index in [4.69, 9.17) is 13.9 Å². The van der Waals surface area contributed by atoms with Crippen LogP contribution in [0.2, 0.25) is 0 Å². The lowest BCUT2D eigenvalue weighted by Crippen LogP contribution is -2.41. The van der Waals surface area contributed by atoms with E-state index in [0.717, 1.165) is 4.90 Å². The quantitative estimate of drug-likeness (QED) is 0.746. The first-order valence-corrected chi connectivity index (χ1v) is 8.09. The molecule has 142 valence electrons. The minimum Gasteiger partial charge on any atom is -0.497 e. The van der Waals surface area contributed by atoms with E-state index in [1.54, 1.807) is 30.3 Å². The van der Waals surface area contributed by atoms with Crippen molar-refractivity contribution in [1.29, 1.82) is 0 Å². The van der Waals surface area contributed by atoms with E-state index in [-0.39, 0.29) is 0 Å². The summed E-state index contributed by atoms with van der Waals surface area (Å²) < 4.78 is 15.6. The Morgan fingerprint density at radius 2 is 2.04 bits per heavy atom. The molecule has 0 bridgehead atoms. The van der Waals surface area contributed by atoms with E-state index < -0.39 is 29.9 Å². The number of ether oxygens (including phenoxy) is 2. The number of nitrogens with one attached hydrogen (secondary N) is 2. The standard InChI is InChI=1S/C18H19N3O6/c1-18(14-5-4-8-27-14)16(23)21(17(24)20-18)10-15(22)19-12-9-11(25-2)6-7-13(12)26-3/h4-9H,10H2,1-3H3,(H,19,22)(H,20,24). The highest BCUT2D eigenvalue weighted by Crippen LogP contribution is 2.30. The van der Waals surface area contributed by atoms with Crippen LogP contribution in [0, 0.1) is 0 Å². The van der Waals surface area contributed by atoms with E-state index in [1.807, 2.05) is 0 Å². The van der Waals surface area contributed by atoms with Crippen molar-refractivity contribution in [1.82, 2.24) is 10.2 Å². The summed E-state index contributed by atoms with van der Waals surface area (Å²) in [4.78, 5) is 38.2. The number of benzene rings is 1. The molecular formula is C18H19N3O6. The van der Waals surface area contributed by atoms with Gasteiger partial charge in [-0.2, -0.15) is 0 Å². The fourth-order valence-corrected chi connectivity index (χ4v) is 2.82. The van der Waals surface area contributed by atoms with Crippen molar-refractivity contribution in [2.45, 2.75) is 12.5 Å². The minimum absolute atomic E-state index is 0.290. The molecule has 27 heavy (non-hydrogen) atoms. The van der Waals surface area contributed by atoms with Gasteiger partial charge in [0.25, 0.3) is 5.91 Å². The van der Waals surface area contributed by atoms with E-state index in [9.17, 15) is 14.4 Å². The number of imide groups is 1. The van der Waals surface area contributed by atoms with Crippen molar-refractivity contribution in [2.24, 2.45) is 0 Å². The van der Waals surface area contributed by atoms with Gasteiger partial charge in [-0.05, 0) is 31.2 Å². The summed E-state index contributed by atoms with van der Waals surface area (Å²) in [6, 6.07) is 7.42. The Morgan fingerprint density at radius 3 is 2.67 bits per heavy atom. The Balaban J connectivity index is 1.75. The van der Waals surface area contributed by atoms with Gasteiger partial charge in [-0.1, -0.05) is 0 Å². The van der Waals surface area contributed by atoms with Crippen LogP contribution in [0.3, 0.4) is 0 Å². The van der Waals surface area contributed by atoms with Gasteiger partial charge in [-0.25, -0.2) is 4.79 Å². The molecule has 3 rings (SSSR count). The van der Waals surface area contributed by atoms with Crippen LogP contribution in [-0.4, -0.2) is 43.5 Å². The van der Waals surface area contributed by atoms with Gasteiger partial charge in [0.2, 0.25) is 5.91 Å². The summed E-state index contributed by atoms with van der Waals surface area (Å²) in [6.07, 6.45) is 1.41. The van der Waals surface area contributed by atoms with Gasteiger partial charge in [0.15, 0.2) is 5.54 Å². The second-order valence-corrected chi connectivity index (χ2v) is 6.04. The first kappa shape index (κ1) is 18.3. The largest absolute Gasteiger partial charge is 0.497 e. The Morgan fingerprint density at radius 1 is 1.26 bits per heavy atom. The zero-order chi connectivity index (χ0) is 19.6. The maximum absolute atomic E-state index is 12.7. The van der Waals surface area contributed by atoms with Gasteiger partial charge in [0.05, 0.1) is 26.2 Å². The number of carbonyl (C=O) groups excluding carboxylic acids is 3. The fourth-order valence-electron chi connectivity index (χ4n) is 2.82. The molecule has 0 radical (unpaired) electrons. The number of hydrogen-bond acceptors (Lipinski definition) is 6. The predicted octanol–water partition coefficient (Wildman–Crippen LogP) is 1.70. The third-order valence-electron chi connectivity index (χ3n) is 4.27. The molecule has 2 heterocycles. The second kappa shape index (κ2) is 7.02. The summed E-state index contributed by atoms with van der Waals surface area (Å²) in [6.45, 7) is 1.07. The number of anilines is 1. The van der Waals surface area contributed by atoms with Crippen LogP contribution in [-0.2, 0) is 15.1 Å². The van der Waals surface area contributed by atoms with Gasteiger partial charge in [0.1, 0.15) is 23.8 Å². The molecule has 9 heteroatoms. The van der Waals surface area contributed by atoms with Crippen LogP contribution >= 0.6 is 0 Å². The lowest BCUT2D eigenvalue weighted by atomic mass is 9.99. The van der Waals surface area contributed by atoms with E-state index in [0.29, 0.717) is 22.9 Å². The van der Waals surface area contributed by atoms with Gasteiger partial charge < -0.3 is 24.5 Å². The number of amides is 4. The molecule has 1 saturated heterocycles. The van der Waals surface area contributed by atoms with E-state index in [2.05, 4.69) is 10.6 Å². The van der Waals surface area contributed by atoms with Crippen LogP contribution in [0.15, 0.2) is 41.0 Å². The third kappa shape index (κ3) is 3.31. The number of furan rings is 1. The zero-order valence-corrected chi connectivity index (χ0v) is 15.1. The van der Waals surface area contributed by atoms with Gasteiger partial charge in [-0.15, -0.1) is 0 Å². The monoisotopic (exact) mass is 373 g/mol. The molecule has 0 spiro atoms. The highest BCUT2D eigenvalue weighted by atomic mass is 16.5. The topological polar surface area (TPSA) is 110 Å². The Kier molecular flexibility index (Phi) is 4.76. The fraction of sp³-hybridized carbons (Fsp3) is 0.278. The lowest BCUT2D eigenvalue weighted by molar-refractivity contribution is -0.134. The molecule has 4 amide bonds. The highest BCUT2D eigenvalue weighted by Gasteiger charge is 2.51. The first-order valence-electron chi connectivity index (χ1n) is 8.09. The van der Waals surface area contributed by atoms with Crippen LogP contribution in [0.5, 0.6) is 11.5 Å². The molecule has 1 aromatic carbocycles. The molecule has 2 aromatic rings. The summed E-state index contributed by atoms with van der Waals surface area (Å²) >= 11 is 0. The Bertz CT molecular complexity index is 879. The Labute approximate surface area is 155 Å². The zero-order valence-electron chi connectivity index (χ0n) is 15.1. The average Bonchev–Trinajstić information content (AvgIpc) is 3.26. The van der Waals surface area contributed by atoms with Crippen LogP contribution < -0.4 is 20.1 Å². The normalized spacial score (nSPS) is 19.0. The number of rotatable bonds is 6. The molecule has 1 fully saturated rings. The third-order valence-corrected chi connectivity index (χ3v) is 4.27. The van der Waals surface area contributed by atoms with Crippen molar-refractivity contribution in [3.05, 3.63) is 42.4 Å². The predicted molar refractivity (Wildman–Crippen MR) is 94.5 cm³/mol. The summed E-state index contributed by atoms with van der Waals surface area (Å²) in [5.74, 6) is 0.0930. The molecule has 1 unspecified atom stereocenters. The first-order chi connectivity index (χ1) is 12.9. The van der Waals surface area contributed by atoms with Crippen LogP contribution in [0.1, 0.15) is 12.7 Å². The van der Waals surface area contributed by atoms with Crippen molar-refractivity contribution >= 4 is 23.5 Å². The summed E-state index contributed by atoms with van der Waals surface area (Å²) in [5.41, 5.74) is -0.989. The van der Waals surface area contributed by atoms with Crippen molar-refractivity contribution in [3.8, 4) is 11.5 Å². The average molecular weight is 373 g/mol. The summed E-state index contributed by atoms with van der Waals surface area (Å²) in [5, 5.41) is 5.19. The number of carbonyl (C=O) groups is 3. The van der Waals surface area contributed by atoms with Crippen LogP contribution in [0.25, 0.3) is 0 Å². The molecule has 1 aliphatic rings. The van der Waals surface area contributed by atoms with Crippen molar-refractivity contribution in [2.75, 3.05) is 26.1 Å². The molecule has 9 nitrogen and oxygen atoms in total. The molecule has 0 aliphatic carbocycles. The van der Waals surface area contributed by atoms with Gasteiger partial charge in [0, 0.05) is 6.07 Å². The van der Waals surface area contributed by atoms with Gasteiger partial charge in [-0.3, -0.25) is 14.5 Å². The van der Waals surface area contributed by atoms with E-state index in [1.165, 1.54) is 27.4 Å². The van der Waals surface area contributed by atoms with Crippen molar-refractivity contribution in [3.63, 3.8) is 0 Å². The molecule has 0 saturated carbocycles. The van der Waals surface area contributed by atoms with E-state index >= 15 is 0 Å². The highest BCUT2D eigenvalue weighted by molar-refractivity contribution is 6.10.